The van der Waals surface area contributed by atoms with Crippen molar-refractivity contribution in [3.63, 3.8) is 0 Å². The van der Waals surface area contributed by atoms with Gasteiger partial charge in [0.2, 0.25) is 0 Å². The number of rotatable bonds is 1. The summed E-state index contributed by atoms with van der Waals surface area (Å²) in [4.78, 5) is 1.18. The first kappa shape index (κ1) is 16.0. The van der Waals surface area contributed by atoms with Gasteiger partial charge in [0.05, 0.1) is 16.5 Å². The first-order valence-corrected chi connectivity index (χ1v) is 8.19. The van der Waals surface area contributed by atoms with Crippen LogP contribution in [0.3, 0.4) is 0 Å². The number of thioether (sulfide) groups is 1. The summed E-state index contributed by atoms with van der Waals surface area (Å²) >= 11 is 4.98. The second-order valence-corrected chi connectivity index (χ2v) is 6.81. The predicted octanol–water partition coefficient (Wildman–Crippen LogP) is 4.72. The number of halogens is 1. The van der Waals surface area contributed by atoms with Crippen LogP contribution in [0.2, 0.25) is 0 Å². The molecule has 1 aliphatic heterocycles. The molecule has 0 amide bonds. The largest absolute Gasteiger partial charge is 0.507 e. The molecular formula is C16H17BrO3S. The molecule has 0 aromatic heterocycles. The molecule has 3 nitrogen and oxygen atoms in total. The molecule has 112 valence electrons. The predicted molar refractivity (Wildman–Crippen MR) is 89.6 cm³/mol. The van der Waals surface area contributed by atoms with Crippen LogP contribution >= 0.6 is 27.7 Å². The lowest BCUT2D eigenvalue weighted by Gasteiger charge is -2.23. The summed E-state index contributed by atoms with van der Waals surface area (Å²) in [5.41, 5.74) is 0. The molecule has 0 bridgehead atoms. The molecule has 0 saturated carbocycles. The maximum Gasteiger partial charge on any atom is 0.174 e. The topological polar surface area (TPSA) is 38.7 Å². The standard InChI is InChI=1S/C10H12O2S.C6H5BrO/c1-7-6-12-10-8(11-2)4-3-5-9(10)13-7;7-5-3-1-2-4-6(5)8/h3-5,7H,6H2,1-2H3;1-4,8H. The number of methoxy groups -OCH3 is 1. The minimum absolute atomic E-state index is 0.285. The van der Waals surface area contributed by atoms with Crippen LogP contribution < -0.4 is 9.47 Å². The summed E-state index contributed by atoms with van der Waals surface area (Å²) in [6, 6.07) is 13.0. The lowest BCUT2D eigenvalue weighted by Crippen LogP contribution is -2.15. The Morgan fingerprint density at radius 1 is 1.24 bits per heavy atom. The van der Waals surface area contributed by atoms with Gasteiger partial charge in [0, 0.05) is 5.25 Å². The SMILES string of the molecule is COc1cccc2c1OCC(C)S2.Oc1ccccc1Br. The maximum atomic E-state index is 8.87. The quantitative estimate of drug-likeness (QED) is 0.789. The molecule has 5 heteroatoms. The van der Waals surface area contributed by atoms with E-state index in [1.54, 1.807) is 25.3 Å². The summed E-state index contributed by atoms with van der Waals surface area (Å²) < 4.78 is 11.6. The molecule has 21 heavy (non-hydrogen) atoms. The Kier molecular flexibility index (Phi) is 5.82. The van der Waals surface area contributed by atoms with E-state index in [-0.39, 0.29) is 5.75 Å². The monoisotopic (exact) mass is 368 g/mol. The van der Waals surface area contributed by atoms with Crippen LogP contribution in [0.25, 0.3) is 0 Å². The Hall–Kier alpha value is -1.33. The lowest BCUT2D eigenvalue weighted by atomic mass is 10.3. The van der Waals surface area contributed by atoms with Gasteiger partial charge < -0.3 is 14.6 Å². The Bertz CT molecular complexity index is 583. The number of aromatic hydroxyl groups is 1. The van der Waals surface area contributed by atoms with E-state index in [0.717, 1.165) is 22.6 Å². The maximum absolute atomic E-state index is 8.87. The first-order chi connectivity index (χ1) is 10.1. The third-order valence-electron chi connectivity index (χ3n) is 2.81. The van der Waals surface area contributed by atoms with Crippen LogP contribution in [0.1, 0.15) is 6.92 Å². The Morgan fingerprint density at radius 2 is 2.00 bits per heavy atom. The van der Waals surface area contributed by atoms with E-state index < -0.39 is 0 Å². The van der Waals surface area contributed by atoms with Crippen LogP contribution in [-0.4, -0.2) is 24.1 Å². The van der Waals surface area contributed by atoms with E-state index in [1.165, 1.54) is 4.90 Å². The molecule has 1 N–H and O–H groups in total. The van der Waals surface area contributed by atoms with Crippen molar-refractivity contribution >= 4 is 27.7 Å². The van der Waals surface area contributed by atoms with E-state index in [9.17, 15) is 0 Å². The van der Waals surface area contributed by atoms with Gasteiger partial charge in [0.15, 0.2) is 11.5 Å². The summed E-state index contributed by atoms with van der Waals surface area (Å²) in [5, 5.41) is 9.40. The zero-order valence-electron chi connectivity index (χ0n) is 11.9. The second kappa shape index (κ2) is 7.61. The van der Waals surface area contributed by atoms with E-state index in [0.29, 0.717) is 5.25 Å². The fourth-order valence-corrected chi connectivity index (χ4v) is 3.07. The van der Waals surface area contributed by atoms with E-state index in [1.807, 2.05) is 30.0 Å². The Balaban J connectivity index is 0.000000173. The third-order valence-corrected chi connectivity index (χ3v) is 4.59. The van der Waals surface area contributed by atoms with Gasteiger partial charge >= 0.3 is 0 Å². The van der Waals surface area contributed by atoms with Crippen molar-refractivity contribution in [3.8, 4) is 17.2 Å². The molecule has 0 saturated heterocycles. The number of para-hydroxylation sites is 2. The minimum atomic E-state index is 0.285. The van der Waals surface area contributed by atoms with Crippen molar-refractivity contribution < 1.29 is 14.6 Å². The number of phenolic OH excluding ortho intramolecular Hbond substituents is 1. The van der Waals surface area contributed by atoms with Gasteiger partial charge in [0.1, 0.15) is 12.4 Å². The van der Waals surface area contributed by atoms with Gasteiger partial charge in [-0.2, -0.15) is 0 Å². The number of ether oxygens (including phenoxy) is 2. The van der Waals surface area contributed by atoms with Crippen molar-refractivity contribution in [2.24, 2.45) is 0 Å². The summed E-state index contributed by atoms with van der Waals surface area (Å²) in [7, 11) is 1.67. The summed E-state index contributed by atoms with van der Waals surface area (Å²) in [6.07, 6.45) is 0. The zero-order valence-corrected chi connectivity index (χ0v) is 14.3. The van der Waals surface area contributed by atoms with Crippen molar-refractivity contribution in [1.29, 1.82) is 0 Å². The number of benzene rings is 2. The van der Waals surface area contributed by atoms with Crippen LogP contribution in [0, 0.1) is 0 Å². The molecule has 0 spiro atoms. The fraction of sp³-hybridized carbons (Fsp3) is 0.250. The highest BCUT2D eigenvalue weighted by molar-refractivity contribution is 9.10. The second-order valence-electron chi connectivity index (χ2n) is 4.48. The molecule has 1 unspecified atom stereocenters. The normalized spacial score (nSPS) is 16.0. The Morgan fingerprint density at radius 3 is 2.62 bits per heavy atom. The van der Waals surface area contributed by atoms with Gasteiger partial charge in [-0.1, -0.05) is 18.2 Å². The zero-order chi connectivity index (χ0) is 15.2. The van der Waals surface area contributed by atoms with Gasteiger partial charge in [-0.25, -0.2) is 0 Å². The number of phenols is 1. The van der Waals surface area contributed by atoms with Crippen LogP contribution in [0.5, 0.6) is 17.2 Å². The van der Waals surface area contributed by atoms with Gasteiger partial charge in [0.25, 0.3) is 0 Å². The first-order valence-electron chi connectivity index (χ1n) is 6.51. The van der Waals surface area contributed by atoms with Crippen molar-refractivity contribution in [1.82, 2.24) is 0 Å². The van der Waals surface area contributed by atoms with Crippen LogP contribution in [0.4, 0.5) is 0 Å². The van der Waals surface area contributed by atoms with E-state index >= 15 is 0 Å². The van der Waals surface area contributed by atoms with E-state index in [2.05, 4.69) is 28.9 Å². The van der Waals surface area contributed by atoms with Crippen LogP contribution in [-0.2, 0) is 0 Å². The number of hydrogen-bond acceptors (Lipinski definition) is 4. The molecule has 3 rings (SSSR count). The molecular weight excluding hydrogens is 352 g/mol. The highest BCUT2D eigenvalue weighted by Crippen LogP contribution is 2.42. The Labute approximate surface area is 137 Å². The lowest BCUT2D eigenvalue weighted by molar-refractivity contribution is 0.284. The van der Waals surface area contributed by atoms with Gasteiger partial charge in [-0.15, -0.1) is 11.8 Å². The molecule has 0 radical (unpaired) electrons. The molecule has 1 aliphatic rings. The highest BCUT2D eigenvalue weighted by atomic mass is 79.9. The van der Waals surface area contributed by atoms with Crippen LogP contribution in [0.15, 0.2) is 51.8 Å². The average molecular weight is 369 g/mol. The van der Waals surface area contributed by atoms with Crippen molar-refractivity contribution in [2.75, 3.05) is 13.7 Å². The van der Waals surface area contributed by atoms with Gasteiger partial charge in [-0.3, -0.25) is 0 Å². The van der Waals surface area contributed by atoms with Crippen molar-refractivity contribution in [3.05, 3.63) is 46.9 Å². The van der Waals surface area contributed by atoms with Gasteiger partial charge in [-0.05, 0) is 47.1 Å². The molecule has 1 heterocycles. The molecule has 0 fully saturated rings. The minimum Gasteiger partial charge on any atom is -0.507 e. The molecule has 2 aromatic rings. The number of fused-ring (bicyclic) bond motifs is 1. The highest BCUT2D eigenvalue weighted by Gasteiger charge is 2.19. The summed E-state index contributed by atoms with van der Waals surface area (Å²) in [6.45, 7) is 2.92. The molecule has 2 aromatic carbocycles. The average Bonchev–Trinajstić information content (AvgIpc) is 2.50. The number of hydrogen-bond donors (Lipinski definition) is 1. The third kappa shape index (κ3) is 4.32. The summed E-state index contributed by atoms with van der Waals surface area (Å²) in [5.74, 6) is 2.01. The smallest absolute Gasteiger partial charge is 0.174 e. The molecule has 1 atom stereocenters. The fourth-order valence-electron chi connectivity index (χ4n) is 1.79. The molecule has 0 aliphatic carbocycles. The van der Waals surface area contributed by atoms with Crippen molar-refractivity contribution in [2.45, 2.75) is 17.1 Å². The van der Waals surface area contributed by atoms with E-state index in [4.69, 9.17) is 14.6 Å².